The number of nitrogens with zero attached hydrogens (tertiary/aromatic N) is 4. The van der Waals surface area contributed by atoms with Crippen LogP contribution in [0.1, 0.15) is 59.8 Å². The second-order valence-corrected chi connectivity index (χ2v) is 8.78. The molecule has 0 aromatic carbocycles. The molecule has 2 N–H and O–H groups in total. The van der Waals surface area contributed by atoms with Gasteiger partial charge >= 0.3 is 0 Å². The van der Waals surface area contributed by atoms with Crippen LogP contribution in [0, 0.1) is 5.92 Å². The van der Waals surface area contributed by atoms with E-state index in [-0.39, 0.29) is 6.04 Å². The Balaban J connectivity index is 1.86. The van der Waals surface area contributed by atoms with Crippen LogP contribution in [0.15, 0.2) is 6.07 Å². The highest BCUT2D eigenvalue weighted by molar-refractivity contribution is 7.80. The van der Waals surface area contributed by atoms with Gasteiger partial charge in [-0.3, -0.25) is 0 Å². The Morgan fingerprint density at radius 1 is 1.07 bits per heavy atom. The lowest BCUT2D eigenvalue weighted by atomic mass is 9.99. The second-order valence-electron chi connectivity index (χ2n) is 8.37. The smallest absolute Gasteiger partial charge is 0.232 e. The molecule has 0 bridgehead atoms. The van der Waals surface area contributed by atoms with Crippen LogP contribution in [-0.4, -0.2) is 46.8 Å². The number of aromatic nitrogens is 2. The van der Waals surface area contributed by atoms with Crippen molar-refractivity contribution in [3.63, 3.8) is 0 Å². The van der Waals surface area contributed by atoms with Crippen molar-refractivity contribution in [2.45, 2.75) is 71.9 Å². The first kappa shape index (κ1) is 20.1. The summed E-state index contributed by atoms with van der Waals surface area (Å²) in [5.41, 5.74) is 0. The van der Waals surface area contributed by atoms with Gasteiger partial charge in [-0.05, 0) is 71.0 Å². The molecule has 2 fully saturated rings. The van der Waals surface area contributed by atoms with Crippen molar-refractivity contribution >= 4 is 34.9 Å². The first-order chi connectivity index (χ1) is 12.9. The summed E-state index contributed by atoms with van der Waals surface area (Å²) in [6.45, 7) is 11.9. The predicted molar refractivity (Wildman–Crippen MR) is 118 cm³/mol. The first-order valence-electron chi connectivity index (χ1n) is 10.4. The Morgan fingerprint density at radius 2 is 1.78 bits per heavy atom. The maximum atomic E-state index is 5.42. The lowest BCUT2D eigenvalue weighted by Crippen LogP contribution is -2.39. The zero-order valence-corrected chi connectivity index (χ0v) is 18.0. The number of thiocarbonyl (C=S) groups is 1. The molecule has 1 unspecified atom stereocenters. The summed E-state index contributed by atoms with van der Waals surface area (Å²) in [6.07, 6.45) is 6.18. The average Bonchev–Trinajstić information content (AvgIpc) is 2.61. The monoisotopic (exact) mass is 390 g/mol. The highest BCUT2D eigenvalue weighted by Crippen LogP contribution is 2.29. The minimum atomic E-state index is 0.276. The quantitative estimate of drug-likeness (QED) is 0.759. The first-order valence-corrected chi connectivity index (χ1v) is 10.8. The summed E-state index contributed by atoms with van der Waals surface area (Å²) in [4.78, 5) is 14.4. The van der Waals surface area contributed by atoms with E-state index >= 15 is 0 Å². The number of hydrogen-bond acceptors (Lipinski definition) is 5. The van der Waals surface area contributed by atoms with Crippen molar-refractivity contribution in [3.8, 4) is 0 Å². The van der Waals surface area contributed by atoms with Crippen molar-refractivity contribution in [3.05, 3.63) is 6.07 Å². The molecule has 0 spiro atoms. The van der Waals surface area contributed by atoms with Gasteiger partial charge in [0.2, 0.25) is 5.95 Å². The van der Waals surface area contributed by atoms with Gasteiger partial charge in [-0.15, -0.1) is 0 Å². The predicted octanol–water partition coefficient (Wildman–Crippen LogP) is 3.79. The molecule has 3 rings (SSSR count). The van der Waals surface area contributed by atoms with Gasteiger partial charge in [-0.1, -0.05) is 6.92 Å². The molecule has 0 amide bonds. The van der Waals surface area contributed by atoms with E-state index in [1.807, 2.05) is 0 Å². The fourth-order valence-electron chi connectivity index (χ4n) is 3.86. The molecule has 0 saturated carbocycles. The van der Waals surface area contributed by atoms with Crippen LogP contribution in [0.3, 0.4) is 0 Å². The highest BCUT2D eigenvalue weighted by atomic mass is 32.1. The van der Waals surface area contributed by atoms with Crippen LogP contribution in [0.5, 0.6) is 0 Å². The minimum Gasteiger partial charge on any atom is -0.360 e. The molecule has 0 radical (unpaired) electrons. The molecule has 2 saturated heterocycles. The van der Waals surface area contributed by atoms with Crippen molar-refractivity contribution in [1.82, 2.24) is 15.3 Å². The number of nitrogens with one attached hydrogen (secondary N) is 2. The molecule has 2 aliphatic rings. The van der Waals surface area contributed by atoms with Gasteiger partial charge in [0.25, 0.3) is 0 Å². The van der Waals surface area contributed by atoms with Crippen LogP contribution in [0.25, 0.3) is 0 Å². The number of rotatable bonds is 4. The van der Waals surface area contributed by atoms with E-state index in [2.05, 4.69) is 54.2 Å². The van der Waals surface area contributed by atoms with E-state index in [0.29, 0.717) is 17.1 Å². The summed E-state index contributed by atoms with van der Waals surface area (Å²) < 4.78 is 0. The van der Waals surface area contributed by atoms with Crippen molar-refractivity contribution in [2.75, 3.05) is 34.8 Å². The summed E-state index contributed by atoms with van der Waals surface area (Å²) in [7, 11) is 0. The van der Waals surface area contributed by atoms with Gasteiger partial charge in [0.05, 0.1) is 0 Å². The zero-order chi connectivity index (χ0) is 19.4. The van der Waals surface area contributed by atoms with E-state index in [1.165, 1.54) is 32.1 Å². The molecule has 2 aliphatic heterocycles. The van der Waals surface area contributed by atoms with Crippen LogP contribution in [0.2, 0.25) is 0 Å². The molecule has 7 heteroatoms. The number of piperidine rings is 2. The summed E-state index contributed by atoms with van der Waals surface area (Å²) in [5.74, 6) is 3.42. The molecule has 0 aliphatic carbocycles. The lowest BCUT2D eigenvalue weighted by molar-refractivity contribution is 0.436. The normalized spacial score (nSPS) is 21.4. The molecule has 1 atom stereocenters. The van der Waals surface area contributed by atoms with Crippen molar-refractivity contribution in [1.29, 1.82) is 0 Å². The third kappa shape index (κ3) is 5.43. The number of hydrogen-bond donors (Lipinski definition) is 2. The van der Waals surface area contributed by atoms with E-state index < -0.39 is 0 Å². The minimum absolute atomic E-state index is 0.276. The van der Waals surface area contributed by atoms with E-state index in [4.69, 9.17) is 22.2 Å². The van der Waals surface area contributed by atoms with Gasteiger partial charge in [-0.25, -0.2) is 0 Å². The summed E-state index contributed by atoms with van der Waals surface area (Å²) in [5, 5.41) is 6.99. The Hall–Kier alpha value is -1.63. The van der Waals surface area contributed by atoms with Crippen molar-refractivity contribution in [2.24, 2.45) is 5.92 Å². The second kappa shape index (κ2) is 9.04. The Labute approximate surface area is 169 Å². The van der Waals surface area contributed by atoms with E-state index in [0.717, 1.165) is 37.2 Å². The largest absolute Gasteiger partial charge is 0.360 e. The van der Waals surface area contributed by atoms with E-state index in [1.54, 1.807) is 0 Å². The fraction of sp³-hybridized carbons (Fsp3) is 0.750. The third-order valence-corrected chi connectivity index (χ3v) is 5.77. The van der Waals surface area contributed by atoms with Crippen molar-refractivity contribution < 1.29 is 0 Å². The third-order valence-electron chi connectivity index (χ3n) is 5.55. The van der Waals surface area contributed by atoms with Crippen LogP contribution in [-0.2, 0) is 0 Å². The van der Waals surface area contributed by atoms with Crippen LogP contribution < -0.4 is 20.4 Å². The standard InChI is InChI=1S/C20H34N6S/c1-14(2)21-20(27)24-19-22-17(25-11-8-15(3)9-12-25)13-18(23-19)26-10-6-5-7-16(26)4/h13-16H,5-12H2,1-4H3,(H2,21,22,23,24,27). The molecular weight excluding hydrogens is 356 g/mol. The molecular formula is C20H34N6S. The van der Waals surface area contributed by atoms with Gasteiger partial charge in [0.1, 0.15) is 11.6 Å². The summed E-state index contributed by atoms with van der Waals surface area (Å²) >= 11 is 5.42. The summed E-state index contributed by atoms with van der Waals surface area (Å²) in [6, 6.07) is 2.96. The van der Waals surface area contributed by atoms with Gasteiger partial charge in [-0.2, -0.15) is 9.97 Å². The van der Waals surface area contributed by atoms with Gasteiger partial charge in [0, 0.05) is 37.8 Å². The molecule has 3 heterocycles. The molecule has 6 nitrogen and oxygen atoms in total. The number of anilines is 3. The van der Waals surface area contributed by atoms with Gasteiger partial charge < -0.3 is 20.4 Å². The molecule has 27 heavy (non-hydrogen) atoms. The molecule has 1 aromatic rings. The Bertz CT molecular complexity index is 641. The Morgan fingerprint density at radius 3 is 2.44 bits per heavy atom. The van der Waals surface area contributed by atoms with E-state index in [9.17, 15) is 0 Å². The average molecular weight is 391 g/mol. The maximum Gasteiger partial charge on any atom is 0.232 e. The Kier molecular flexibility index (Phi) is 6.73. The molecule has 150 valence electrons. The topological polar surface area (TPSA) is 56.3 Å². The lowest BCUT2D eigenvalue weighted by Gasteiger charge is -2.36. The SMILES string of the molecule is CC1CCN(c2cc(N3CCCCC3C)nc(NC(=S)NC(C)C)n2)CC1. The van der Waals surface area contributed by atoms with Gasteiger partial charge in [0.15, 0.2) is 5.11 Å². The van der Waals surface area contributed by atoms with Crippen LogP contribution in [0.4, 0.5) is 17.6 Å². The molecule has 1 aromatic heterocycles. The highest BCUT2D eigenvalue weighted by Gasteiger charge is 2.24. The maximum absolute atomic E-state index is 5.42. The fourth-order valence-corrected chi connectivity index (χ4v) is 4.19. The van der Waals surface area contributed by atoms with Crippen LogP contribution >= 0.6 is 12.2 Å². The zero-order valence-electron chi connectivity index (χ0n) is 17.2.